The highest BCUT2D eigenvalue weighted by molar-refractivity contribution is 5.75. The van der Waals surface area contributed by atoms with Crippen molar-refractivity contribution in [1.29, 1.82) is 0 Å². The van der Waals surface area contributed by atoms with E-state index in [1.165, 1.54) is 7.11 Å². The van der Waals surface area contributed by atoms with Crippen molar-refractivity contribution < 1.29 is 19.4 Å². The molecule has 5 N–H and O–H groups in total. The maximum atomic E-state index is 10.9. The lowest BCUT2D eigenvalue weighted by atomic mass is 10.1. The van der Waals surface area contributed by atoms with Crippen LogP contribution in [0, 0.1) is 0 Å². The fraction of sp³-hybridized carbons (Fsp3) is 0.294. The summed E-state index contributed by atoms with van der Waals surface area (Å²) in [6.07, 6.45) is 3.97. The van der Waals surface area contributed by atoms with Crippen molar-refractivity contribution in [2.24, 2.45) is 11.5 Å². The van der Waals surface area contributed by atoms with E-state index in [1.54, 1.807) is 30.6 Å². The molecule has 134 valence electrons. The minimum absolute atomic E-state index is 0.274. The molecule has 0 aliphatic rings. The third-order valence-electron chi connectivity index (χ3n) is 3.13. The molecular weight excluding hydrogens is 324 g/mol. The van der Waals surface area contributed by atoms with Gasteiger partial charge in [0.1, 0.15) is 12.1 Å². The lowest BCUT2D eigenvalue weighted by Gasteiger charge is -2.07. The van der Waals surface area contributed by atoms with Crippen LogP contribution in [-0.2, 0) is 27.2 Å². The Kier molecular flexibility index (Phi) is 8.77. The number of aliphatic carboxylic acids is 1. The number of hydrogen-bond acceptors (Lipinski definition) is 7. The van der Waals surface area contributed by atoms with E-state index >= 15 is 0 Å². The van der Waals surface area contributed by atoms with Crippen LogP contribution >= 0.6 is 0 Å². The molecule has 0 amide bonds. The van der Waals surface area contributed by atoms with Crippen molar-refractivity contribution in [2.75, 3.05) is 7.11 Å². The molecule has 2 atom stereocenters. The predicted molar refractivity (Wildman–Crippen MR) is 91.5 cm³/mol. The van der Waals surface area contributed by atoms with Gasteiger partial charge in [0.05, 0.1) is 7.11 Å². The summed E-state index contributed by atoms with van der Waals surface area (Å²) in [4.78, 5) is 29.3. The second kappa shape index (κ2) is 10.8. The number of methoxy groups -OCH3 is 1. The minimum atomic E-state index is -0.999. The number of pyridine rings is 2. The average molecular weight is 346 g/mol. The van der Waals surface area contributed by atoms with E-state index in [9.17, 15) is 9.59 Å². The SMILES string of the molecule is COC(=O)[C@H](N)Cc1ccccn1.N[C@H](Cc1ccccn1)C(=O)O. The molecular formula is C17H22N4O4. The van der Waals surface area contributed by atoms with E-state index in [0.717, 1.165) is 5.69 Å². The summed E-state index contributed by atoms with van der Waals surface area (Å²) in [7, 11) is 1.32. The van der Waals surface area contributed by atoms with E-state index in [1.807, 2.05) is 18.2 Å². The molecule has 2 aromatic rings. The molecule has 0 aliphatic carbocycles. The number of aromatic nitrogens is 2. The van der Waals surface area contributed by atoms with Crippen molar-refractivity contribution >= 4 is 11.9 Å². The molecule has 0 aromatic carbocycles. The van der Waals surface area contributed by atoms with E-state index in [-0.39, 0.29) is 6.42 Å². The lowest BCUT2D eigenvalue weighted by Crippen LogP contribution is -2.33. The van der Waals surface area contributed by atoms with Crippen molar-refractivity contribution in [3.8, 4) is 0 Å². The van der Waals surface area contributed by atoms with Gasteiger partial charge in [-0.15, -0.1) is 0 Å². The normalized spacial score (nSPS) is 12.3. The molecule has 0 radical (unpaired) electrons. The molecule has 0 aliphatic heterocycles. The van der Waals surface area contributed by atoms with Gasteiger partial charge in [-0.2, -0.15) is 0 Å². The zero-order valence-corrected chi connectivity index (χ0v) is 13.9. The van der Waals surface area contributed by atoms with Crippen LogP contribution in [0.3, 0.4) is 0 Å². The Hall–Kier alpha value is -2.84. The van der Waals surface area contributed by atoms with Gasteiger partial charge in [-0.1, -0.05) is 12.1 Å². The van der Waals surface area contributed by atoms with Gasteiger partial charge in [-0.3, -0.25) is 19.6 Å². The summed E-state index contributed by atoms with van der Waals surface area (Å²) in [6.45, 7) is 0. The summed E-state index contributed by atoms with van der Waals surface area (Å²) in [5.41, 5.74) is 12.3. The van der Waals surface area contributed by atoms with Crippen molar-refractivity contribution in [3.63, 3.8) is 0 Å². The average Bonchev–Trinajstić information content (AvgIpc) is 2.63. The van der Waals surface area contributed by atoms with E-state index < -0.39 is 24.0 Å². The number of hydrogen-bond donors (Lipinski definition) is 3. The first-order chi connectivity index (χ1) is 11.9. The quantitative estimate of drug-likeness (QED) is 0.628. The number of carbonyl (C=O) groups excluding carboxylic acids is 1. The molecule has 2 aromatic heterocycles. The number of carboxylic acid groups (broad SMARTS) is 1. The molecule has 8 nitrogen and oxygen atoms in total. The van der Waals surface area contributed by atoms with Gasteiger partial charge < -0.3 is 21.3 Å². The van der Waals surface area contributed by atoms with Gasteiger partial charge in [0.25, 0.3) is 0 Å². The van der Waals surface area contributed by atoms with Crippen LogP contribution in [0.2, 0.25) is 0 Å². The molecule has 0 unspecified atom stereocenters. The third kappa shape index (κ3) is 8.00. The number of nitrogens with two attached hydrogens (primary N) is 2. The summed E-state index contributed by atoms with van der Waals surface area (Å²) in [5, 5.41) is 8.49. The lowest BCUT2D eigenvalue weighted by molar-refractivity contribution is -0.142. The summed E-state index contributed by atoms with van der Waals surface area (Å²) in [5.74, 6) is -1.41. The Labute approximate surface area is 145 Å². The van der Waals surface area contributed by atoms with E-state index in [0.29, 0.717) is 12.1 Å². The van der Waals surface area contributed by atoms with Crippen LogP contribution < -0.4 is 11.5 Å². The fourth-order valence-electron chi connectivity index (χ4n) is 1.81. The first kappa shape index (κ1) is 20.2. The molecule has 0 fully saturated rings. The van der Waals surface area contributed by atoms with Crippen LogP contribution in [0.25, 0.3) is 0 Å². The Morgan fingerprint density at radius 2 is 1.48 bits per heavy atom. The zero-order chi connectivity index (χ0) is 18.7. The Morgan fingerprint density at radius 3 is 1.84 bits per heavy atom. The van der Waals surface area contributed by atoms with Crippen molar-refractivity contribution in [1.82, 2.24) is 9.97 Å². The molecule has 0 saturated heterocycles. The maximum Gasteiger partial charge on any atom is 0.323 e. The van der Waals surface area contributed by atoms with Gasteiger partial charge in [-0.05, 0) is 24.3 Å². The van der Waals surface area contributed by atoms with Crippen molar-refractivity contribution in [3.05, 3.63) is 60.2 Å². The smallest absolute Gasteiger partial charge is 0.323 e. The standard InChI is InChI=1S/C9H12N2O2.C8H10N2O2/c1-13-9(12)8(10)6-7-4-2-3-5-11-7;9-7(8(11)12)5-6-3-1-2-4-10-6/h2-5,8H,6,10H2,1H3;1-4,7H,5,9H2,(H,11,12)/t8-;7-/m11/s1. The number of esters is 1. The Balaban J connectivity index is 0.000000251. The summed E-state index contributed by atoms with van der Waals surface area (Å²) in [6, 6.07) is 9.33. The molecule has 2 heterocycles. The number of rotatable bonds is 6. The Morgan fingerprint density at radius 1 is 1.00 bits per heavy atom. The maximum absolute atomic E-state index is 10.9. The van der Waals surface area contributed by atoms with Crippen LogP contribution in [0.1, 0.15) is 11.4 Å². The Bertz CT molecular complexity index is 652. The number of ether oxygens (including phenoxy) is 1. The second-order valence-corrected chi connectivity index (χ2v) is 5.12. The number of carboxylic acids is 1. The topological polar surface area (TPSA) is 141 Å². The van der Waals surface area contributed by atoms with Gasteiger partial charge in [0, 0.05) is 36.6 Å². The van der Waals surface area contributed by atoms with E-state index in [4.69, 9.17) is 16.6 Å². The van der Waals surface area contributed by atoms with Crippen LogP contribution in [0.15, 0.2) is 48.8 Å². The van der Waals surface area contributed by atoms with Gasteiger partial charge in [-0.25, -0.2) is 0 Å². The first-order valence-electron chi connectivity index (χ1n) is 7.55. The highest BCUT2D eigenvalue weighted by atomic mass is 16.5. The summed E-state index contributed by atoms with van der Waals surface area (Å²) < 4.78 is 4.49. The van der Waals surface area contributed by atoms with Crippen LogP contribution in [0.4, 0.5) is 0 Å². The predicted octanol–water partition coefficient (Wildman–Crippen LogP) is 0.160. The molecule has 8 heteroatoms. The minimum Gasteiger partial charge on any atom is -0.480 e. The molecule has 25 heavy (non-hydrogen) atoms. The third-order valence-corrected chi connectivity index (χ3v) is 3.13. The monoisotopic (exact) mass is 346 g/mol. The number of carbonyl (C=O) groups is 2. The number of nitrogens with zero attached hydrogens (tertiary/aromatic N) is 2. The first-order valence-corrected chi connectivity index (χ1v) is 7.55. The van der Waals surface area contributed by atoms with Crippen molar-refractivity contribution in [2.45, 2.75) is 24.9 Å². The molecule has 0 spiro atoms. The van der Waals surface area contributed by atoms with Crippen LogP contribution in [0.5, 0.6) is 0 Å². The summed E-state index contributed by atoms with van der Waals surface area (Å²) >= 11 is 0. The van der Waals surface area contributed by atoms with Gasteiger partial charge >= 0.3 is 11.9 Å². The second-order valence-electron chi connectivity index (χ2n) is 5.12. The molecule has 0 saturated carbocycles. The molecule has 2 rings (SSSR count). The zero-order valence-electron chi connectivity index (χ0n) is 13.9. The van der Waals surface area contributed by atoms with Crippen LogP contribution in [-0.4, -0.2) is 46.2 Å². The largest absolute Gasteiger partial charge is 0.480 e. The highest BCUT2D eigenvalue weighted by Crippen LogP contribution is 1.98. The van der Waals surface area contributed by atoms with E-state index in [2.05, 4.69) is 14.7 Å². The fourth-order valence-corrected chi connectivity index (χ4v) is 1.81. The molecule has 0 bridgehead atoms. The van der Waals surface area contributed by atoms with Gasteiger partial charge in [0.15, 0.2) is 0 Å². The highest BCUT2D eigenvalue weighted by Gasteiger charge is 2.14. The van der Waals surface area contributed by atoms with Gasteiger partial charge in [0.2, 0.25) is 0 Å².